The molecule has 0 unspecified atom stereocenters. The van der Waals surface area contributed by atoms with E-state index in [1.807, 2.05) is 0 Å². The molecule has 2 rings (SSSR count). The molecule has 0 bridgehead atoms. The Labute approximate surface area is 105 Å². The maximum atomic E-state index is 3.55. The van der Waals surface area contributed by atoms with Gasteiger partial charge in [-0.1, -0.05) is 62.2 Å². The Hall–Kier alpha value is -1.08. The standard InChI is InChI=1S/C16H23N/c1-16(11-5-6-12-16)14-17-13-7-10-15-8-3-2-4-9-15/h2-4,7-10,17H,5-6,11-14H2,1H3. The zero-order valence-electron chi connectivity index (χ0n) is 10.8. The normalized spacial score (nSPS) is 18.9. The van der Waals surface area contributed by atoms with E-state index in [1.54, 1.807) is 0 Å². The minimum absolute atomic E-state index is 0.556. The van der Waals surface area contributed by atoms with Crippen LogP contribution in [0, 0.1) is 5.41 Å². The highest BCUT2D eigenvalue weighted by Gasteiger charge is 2.27. The highest BCUT2D eigenvalue weighted by Crippen LogP contribution is 2.36. The number of rotatable bonds is 5. The van der Waals surface area contributed by atoms with Crippen LogP contribution in [0.2, 0.25) is 0 Å². The summed E-state index contributed by atoms with van der Waals surface area (Å²) in [6.45, 7) is 4.55. The second-order valence-electron chi connectivity index (χ2n) is 5.46. The van der Waals surface area contributed by atoms with Crippen LogP contribution in [0.3, 0.4) is 0 Å². The maximum absolute atomic E-state index is 3.55. The summed E-state index contributed by atoms with van der Waals surface area (Å²) in [4.78, 5) is 0. The van der Waals surface area contributed by atoms with Crippen LogP contribution < -0.4 is 5.32 Å². The first-order chi connectivity index (χ1) is 8.29. The Balaban J connectivity index is 1.68. The predicted octanol–water partition coefficient (Wildman–Crippen LogP) is 3.87. The van der Waals surface area contributed by atoms with Crippen molar-refractivity contribution in [3.63, 3.8) is 0 Å². The third-order valence-corrected chi connectivity index (χ3v) is 3.73. The van der Waals surface area contributed by atoms with Crippen LogP contribution in [-0.4, -0.2) is 13.1 Å². The van der Waals surface area contributed by atoms with Crippen molar-refractivity contribution in [2.45, 2.75) is 32.6 Å². The van der Waals surface area contributed by atoms with Crippen molar-refractivity contribution < 1.29 is 0 Å². The van der Waals surface area contributed by atoms with Crippen LogP contribution >= 0.6 is 0 Å². The van der Waals surface area contributed by atoms with Crippen molar-refractivity contribution in [1.29, 1.82) is 0 Å². The number of hydrogen-bond acceptors (Lipinski definition) is 1. The summed E-state index contributed by atoms with van der Waals surface area (Å²) in [5, 5.41) is 3.55. The first-order valence-corrected chi connectivity index (χ1v) is 6.71. The van der Waals surface area contributed by atoms with Crippen molar-refractivity contribution in [2.24, 2.45) is 5.41 Å². The molecule has 1 aliphatic rings. The van der Waals surface area contributed by atoms with Gasteiger partial charge >= 0.3 is 0 Å². The molecular weight excluding hydrogens is 206 g/mol. The van der Waals surface area contributed by atoms with Crippen LogP contribution in [0.5, 0.6) is 0 Å². The van der Waals surface area contributed by atoms with Gasteiger partial charge in [-0.15, -0.1) is 0 Å². The van der Waals surface area contributed by atoms with Crippen molar-refractivity contribution in [1.82, 2.24) is 5.32 Å². The Morgan fingerprint density at radius 3 is 2.59 bits per heavy atom. The van der Waals surface area contributed by atoms with Gasteiger partial charge in [0.15, 0.2) is 0 Å². The smallest absolute Gasteiger partial charge is 0.0138 e. The zero-order chi connectivity index (χ0) is 12.0. The summed E-state index contributed by atoms with van der Waals surface area (Å²) < 4.78 is 0. The lowest BCUT2D eigenvalue weighted by Crippen LogP contribution is -2.29. The number of nitrogens with one attached hydrogen (secondary N) is 1. The molecule has 0 spiro atoms. The van der Waals surface area contributed by atoms with Crippen LogP contribution in [0.25, 0.3) is 6.08 Å². The molecule has 17 heavy (non-hydrogen) atoms. The van der Waals surface area contributed by atoms with E-state index in [0.717, 1.165) is 13.1 Å². The number of hydrogen-bond donors (Lipinski definition) is 1. The lowest BCUT2D eigenvalue weighted by Gasteiger charge is -2.23. The van der Waals surface area contributed by atoms with Gasteiger partial charge in [0, 0.05) is 13.1 Å². The second-order valence-corrected chi connectivity index (χ2v) is 5.46. The molecule has 1 nitrogen and oxygen atoms in total. The van der Waals surface area contributed by atoms with Gasteiger partial charge in [-0.05, 0) is 23.8 Å². The molecule has 1 fully saturated rings. The molecule has 1 heteroatoms. The SMILES string of the molecule is CC1(CNCC=Cc2ccccc2)CCCC1. The molecule has 0 heterocycles. The molecule has 1 N–H and O–H groups in total. The topological polar surface area (TPSA) is 12.0 Å². The van der Waals surface area contributed by atoms with E-state index in [0.29, 0.717) is 5.41 Å². The minimum atomic E-state index is 0.556. The van der Waals surface area contributed by atoms with E-state index >= 15 is 0 Å². The first kappa shape index (κ1) is 12.4. The van der Waals surface area contributed by atoms with Crippen molar-refractivity contribution >= 4 is 6.08 Å². The molecule has 0 aromatic heterocycles. The molecule has 1 aromatic carbocycles. The van der Waals surface area contributed by atoms with Crippen molar-refractivity contribution in [3.8, 4) is 0 Å². The Morgan fingerprint density at radius 1 is 1.18 bits per heavy atom. The average molecular weight is 229 g/mol. The quantitative estimate of drug-likeness (QED) is 0.756. The van der Waals surface area contributed by atoms with Gasteiger partial charge in [0.1, 0.15) is 0 Å². The molecule has 0 radical (unpaired) electrons. The summed E-state index contributed by atoms with van der Waals surface area (Å²) in [6.07, 6.45) is 10.0. The van der Waals surface area contributed by atoms with E-state index < -0.39 is 0 Å². The predicted molar refractivity (Wildman–Crippen MR) is 74.9 cm³/mol. The lowest BCUT2D eigenvalue weighted by atomic mass is 9.89. The first-order valence-electron chi connectivity index (χ1n) is 6.71. The summed E-state index contributed by atoms with van der Waals surface area (Å²) in [7, 11) is 0. The average Bonchev–Trinajstić information content (AvgIpc) is 2.77. The summed E-state index contributed by atoms with van der Waals surface area (Å²) in [6, 6.07) is 10.5. The molecule has 0 aliphatic heterocycles. The van der Waals surface area contributed by atoms with E-state index in [2.05, 4.69) is 54.7 Å². The van der Waals surface area contributed by atoms with Gasteiger partial charge in [-0.3, -0.25) is 0 Å². The molecule has 0 saturated heterocycles. The third kappa shape index (κ3) is 4.01. The molecule has 0 atom stereocenters. The fraction of sp³-hybridized carbons (Fsp3) is 0.500. The Bertz CT molecular complexity index is 347. The van der Waals surface area contributed by atoms with Gasteiger partial charge in [0.25, 0.3) is 0 Å². The van der Waals surface area contributed by atoms with Crippen LogP contribution in [0.4, 0.5) is 0 Å². The minimum Gasteiger partial charge on any atom is -0.313 e. The lowest BCUT2D eigenvalue weighted by molar-refractivity contribution is 0.321. The van der Waals surface area contributed by atoms with E-state index in [-0.39, 0.29) is 0 Å². The number of benzene rings is 1. The van der Waals surface area contributed by atoms with Crippen LogP contribution in [0.1, 0.15) is 38.2 Å². The van der Waals surface area contributed by atoms with E-state index in [4.69, 9.17) is 0 Å². The monoisotopic (exact) mass is 229 g/mol. The highest BCUT2D eigenvalue weighted by atomic mass is 14.9. The largest absolute Gasteiger partial charge is 0.313 e. The zero-order valence-corrected chi connectivity index (χ0v) is 10.8. The highest BCUT2D eigenvalue weighted by molar-refractivity contribution is 5.48. The molecular formula is C16H23N. The van der Waals surface area contributed by atoms with Crippen LogP contribution in [-0.2, 0) is 0 Å². The van der Waals surface area contributed by atoms with Gasteiger partial charge in [0.2, 0.25) is 0 Å². The van der Waals surface area contributed by atoms with E-state index in [9.17, 15) is 0 Å². The molecule has 0 amide bonds. The summed E-state index contributed by atoms with van der Waals surface area (Å²) in [5.41, 5.74) is 1.84. The molecule has 1 saturated carbocycles. The van der Waals surface area contributed by atoms with Crippen molar-refractivity contribution in [3.05, 3.63) is 42.0 Å². The third-order valence-electron chi connectivity index (χ3n) is 3.73. The summed E-state index contributed by atoms with van der Waals surface area (Å²) in [5.74, 6) is 0. The maximum Gasteiger partial charge on any atom is 0.0138 e. The molecule has 1 aliphatic carbocycles. The van der Waals surface area contributed by atoms with Gasteiger partial charge in [0.05, 0.1) is 0 Å². The Morgan fingerprint density at radius 2 is 1.88 bits per heavy atom. The van der Waals surface area contributed by atoms with Gasteiger partial charge in [-0.2, -0.15) is 0 Å². The fourth-order valence-electron chi connectivity index (χ4n) is 2.62. The molecule has 92 valence electrons. The van der Waals surface area contributed by atoms with Crippen LogP contribution in [0.15, 0.2) is 36.4 Å². The Kier molecular flexibility index (Phi) is 4.38. The molecule has 1 aromatic rings. The van der Waals surface area contributed by atoms with Crippen molar-refractivity contribution in [2.75, 3.05) is 13.1 Å². The van der Waals surface area contributed by atoms with Gasteiger partial charge < -0.3 is 5.32 Å². The fourth-order valence-corrected chi connectivity index (χ4v) is 2.62. The van der Waals surface area contributed by atoms with Gasteiger partial charge in [-0.25, -0.2) is 0 Å². The summed E-state index contributed by atoms with van der Waals surface area (Å²) >= 11 is 0. The second kappa shape index (κ2) is 6.02. The van der Waals surface area contributed by atoms with E-state index in [1.165, 1.54) is 31.2 Å².